The molecule has 1 fully saturated rings. The molecular formula is C24H25F5N2O5. The van der Waals surface area contributed by atoms with E-state index in [1.54, 1.807) is 51.1 Å². The number of halogens is 5. The molecule has 2 atom stereocenters. The van der Waals surface area contributed by atoms with Gasteiger partial charge in [-0.25, -0.2) is 22.8 Å². The predicted octanol–water partition coefficient (Wildman–Crippen LogP) is 5.07. The van der Waals surface area contributed by atoms with Gasteiger partial charge in [0.1, 0.15) is 5.60 Å². The summed E-state index contributed by atoms with van der Waals surface area (Å²) in [5.41, 5.74) is -0.135. The highest BCUT2D eigenvalue weighted by Gasteiger charge is 2.38. The number of amides is 2. The second-order valence-corrected chi connectivity index (χ2v) is 9.02. The third kappa shape index (κ3) is 6.42. The zero-order chi connectivity index (χ0) is 26.6. The van der Waals surface area contributed by atoms with E-state index in [1.165, 1.54) is 4.90 Å². The Balaban J connectivity index is 1.88. The molecule has 3 rings (SSSR count). The Hall–Kier alpha value is -3.41. The van der Waals surface area contributed by atoms with Gasteiger partial charge in [-0.3, -0.25) is 4.90 Å². The van der Waals surface area contributed by atoms with Crippen molar-refractivity contribution in [2.45, 2.75) is 51.5 Å². The number of rotatable bonds is 5. The van der Waals surface area contributed by atoms with Crippen LogP contribution in [0.25, 0.3) is 0 Å². The second kappa shape index (κ2) is 11.1. The quantitative estimate of drug-likeness (QED) is 0.341. The van der Waals surface area contributed by atoms with Crippen LogP contribution in [0.3, 0.4) is 0 Å². The lowest BCUT2D eigenvalue weighted by Gasteiger charge is -2.40. The van der Waals surface area contributed by atoms with Crippen molar-refractivity contribution in [1.29, 1.82) is 0 Å². The van der Waals surface area contributed by atoms with Gasteiger partial charge in [-0.1, -0.05) is 30.3 Å². The molecule has 1 N–H and O–H groups in total. The number of carbonyl (C=O) groups excluding carboxylic acids is 2. The fraction of sp³-hybridized carbons (Fsp3) is 0.417. The van der Waals surface area contributed by atoms with Crippen molar-refractivity contribution in [3.05, 3.63) is 65.0 Å². The molecule has 0 radical (unpaired) electrons. The Kier molecular flexibility index (Phi) is 8.39. The molecule has 1 aliphatic rings. The average Bonchev–Trinajstić information content (AvgIpc) is 2.83. The summed E-state index contributed by atoms with van der Waals surface area (Å²) >= 11 is 0. The van der Waals surface area contributed by atoms with Crippen LogP contribution in [0.5, 0.6) is 5.75 Å². The molecule has 2 aromatic carbocycles. The maximum absolute atomic E-state index is 14.0. The third-order valence-electron chi connectivity index (χ3n) is 5.08. The molecule has 12 heteroatoms. The molecule has 1 heterocycles. The van der Waals surface area contributed by atoms with E-state index >= 15 is 0 Å². The van der Waals surface area contributed by atoms with E-state index in [0.717, 1.165) is 0 Å². The van der Waals surface area contributed by atoms with Crippen LogP contribution in [-0.2, 0) is 15.9 Å². The summed E-state index contributed by atoms with van der Waals surface area (Å²) in [5, 5.41) is 2.33. The molecule has 2 amide bonds. The van der Waals surface area contributed by atoms with E-state index in [2.05, 4.69) is 10.1 Å². The monoisotopic (exact) mass is 516 g/mol. The number of nitrogens with zero attached hydrogens (tertiary/aromatic N) is 1. The first-order valence-corrected chi connectivity index (χ1v) is 11.0. The number of hydrogen-bond donors (Lipinski definition) is 1. The van der Waals surface area contributed by atoms with Crippen LogP contribution in [-0.4, -0.2) is 48.1 Å². The Bertz CT molecular complexity index is 1080. The van der Waals surface area contributed by atoms with Gasteiger partial charge in [0.15, 0.2) is 6.23 Å². The Labute approximate surface area is 204 Å². The number of carbonyl (C=O) groups is 2. The van der Waals surface area contributed by atoms with Crippen LogP contribution in [0.15, 0.2) is 30.3 Å². The lowest BCUT2D eigenvalue weighted by molar-refractivity contribution is -0.110. The average molecular weight is 516 g/mol. The smallest absolute Gasteiger partial charge is 0.413 e. The second-order valence-electron chi connectivity index (χ2n) is 9.02. The van der Waals surface area contributed by atoms with Gasteiger partial charge in [-0.05, 0) is 39.2 Å². The van der Waals surface area contributed by atoms with Gasteiger partial charge in [0.05, 0.1) is 12.6 Å². The number of nitrogens with one attached hydrogen (secondary N) is 1. The fourth-order valence-electron chi connectivity index (χ4n) is 3.54. The van der Waals surface area contributed by atoms with E-state index < -0.39 is 64.9 Å². The molecule has 2 unspecified atom stereocenters. The summed E-state index contributed by atoms with van der Waals surface area (Å²) in [4.78, 5) is 26.6. The van der Waals surface area contributed by atoms with Crippen LogP contribution >= 0.6 is 0 Å². The summed E-state index contributed by atoms with van der Waals surface area (Å²) < 4.78 is 84.0. The minimum Gasteiger partial charge on any atom is -0.444 e. The van der Waals surface area contributed by atoms with Gasteiger partial charge < -0.3 is 19.5 Å². The molecule has 0 spiro atoms. The number of hydrogen-bond acceptors (Lipinski definition) is 5. The van der Waals surface area contributed by atoms with Crippen LogP contribution in [0.2, 0.25) is 0 Å². The molecule has 0 bridgehead atoms. The summed E-state index contributed by atoms with van der Waals surface area (Å²) in [6.45, 7) is 5.46. The molecule has 7 nitrogen and oxygen atoms in total. The minimum atomic E-state index is -2.39. The van der Waals surface area contributed by atoms with Crippen LogP contribution < -0.4 is 10.1 Å². The molecule has 1 aliphatic heterocycles. The van der Waals surface area contributed by atoms with Crippen molar-refractivity contribution in [3.63, 3.8) is 0 Å². The van der Waals surface area contributed by atoms with Gasteiger partial charge in [0.25, 0.3) is 0 Å². The molecule has 0 saturated carbocycles. The maximum Gasteiger partial charge on any atom is 0.413 e. The van der Waals surface area contributed by atoms with Crippen molar-refractivity contribution in [1.82, 2.24) is 10.2 Å². The largest absolute Gasteiger partial charge is 0.444 e. The van der Waals surface area contributed by atoms with Crippen LogP contribution in [0.1, 0.15) is 32.8 Å². The molecule has 36 heavy (non-hydrogen) atoms. The van der Waals surface area contributed by atoms with Crippen molar-refractivity contribution < 1.29 is 45.8 Å². The van der Waals surface area contributed by atoms with E-state index in [0.29, 0.717) is 12.0 Å². The van der Waals surface area contributed by atoms with E-state index in [1.807, 2.05) is 0 Å². The first-order chi connectivity index (χ1) is 16.9. The zero-order valence-corrected chi connectivity index (χ0v) is 19.7. The van der Waals surface area contributed by atoms with Crippen molar-refractivity contribution >= 4 is 12.2 Å². The normalized spacial score (nSPS) is 16.9. The maximum atomic E-state index is 14.0. The van der Waals surface area contributed by atoms with Gasteiger partial charge >= 0.3 is 12.2 Å². The van der Waals surface area contributed by atoms with Crippen LogP contribution in [0.4, 0.5) is 31.5 Å². The van der Waals surface area contributed by atoms with E-state index in [4.69, 9.17) is 9.47 Å². The standard InChI is InChI=1S/C24H25F5N2O5/c1-24(2,3)36-23(33)31-10-7-11-34-21(31)14(12-13-8-5-4-6-9-13)30-22(32)35-20-18(28)16(26)15(25)17(27)19(20)29/h4-6,8-9,14,21H,7,10-12H2,1-3H3,(H,30,32). The van der Waals surface area contributed by atoms with Crippen molar-refractivity contribution in [2.75, 3.05) is 13.2 Å². The summed E-state index contributed by atoms with van der Waals surface area (Å²) in [6.07, 6.45) is -2.78. The third-order valence-corrected chi connectivity index (χ3v) is 5.08. The zero-order valence-electron chi connectivity index (χ0n) is 19.7. The molecule has 2 aromatic rings. The van der Waals surface area contributed by atoms with Crippen molar-refractivity contribution in [2.24, 2.45) is 0 Å². The minimum absolute atomic E-state index is 0.0665. The lowest BCUT2D eigenvalue weighted by atomic mass is 10.0. The molecule has 0 aromatic heterocycles. The molecule has 196 valence electrons. The van der Waals surface area contributed by atoms with E-state index in [9.17, 15) is 31.5 Å². The Morgan fingerprint density at radius 3 is 2.19 bits per heavy atom. The molecular weight excluding hydrogens is 491 g/mol. The highest BCUT2D eigenvalue weighted by Crippen LogP contribution is 2.29. The number of ether oxygens (including phenoxy) is 3. The van der Waals surface area contributed by atoms with Gasteiger partial charge in [-0.15, -0.1) is 0 Å². The van der Waals surface area contributed by atoms with Gasteiger partial charge in [0, 0.05) is 6.54 Å². The highest BCUT2D eigenvalue weighted by atomic mass is 19.2. The first-order valence-electron chi connectivity index (χ1n) is 11.0. The highest BCUT2D eigenvalue weighted by molar-refractivity contribution is 5.72. The summed E-state index contributed by atoms with van der Waals surface area (Å²) in [7, 11) is 0. The topological polar surface area (TPSA) is 77.1 Å². The Morgan fingerprint density at radius 2 is 1.61 bits per heavy atom. The predicted molar refractivity (Wildman–Crippen MR) is 117 cm³/mol. The summed E-state index contributed by atoms with van der Waals surface area (Å²) in [6, 6.07) is 7.62. The summed E-state index contributed by atoms with van der Waals surface area (Å²) in [5.74, 6) is -13.3. The SMILES string of the molecule is CC(C)(C)OC(=O)N1CCCOC1C(Cc1ccccc1)NC(=O)Oc1c(F)c(F)c(F)c(F)c1F. The van der Waals surface area contributed by atoms with Crippen molar-refractivity contribution in [3.8, 4) is 5.75 Å². The molecule has 0 aliphatic carbocycles. The Morgan fingerprint density at radius 1 is 1.03 bits per heavy atom. The number of benzene rings is 2. The van der Waals surface area contributed by atoms with Gasteiger partial charge in [-0.2, -0.15) is 8.78 Å². The van der Waals surface area contributed by atoms with Crippen LogP contribution in [0, 0.1) is 29.1 Å². The van der Waals surface area contributed by atoms with E-state index in [-0.39, 0.29) is 19.6 Å². The lowest BCUT2D eigenvalue weighted by Crippen LogP contribution is -2.59. The fourth-order valence-corrected chi connectivity index (χ4v) is 3.54. The van der Waals surface area contributed by atoms with Gasteiger partial charge in [0.2, 0.25) is 34.8 Å². The first kappa shape index (κ1) is 27.2. The molecule has 1 saturated heterocycles.